The maximum atomic E-state index is 3.62. The van der Waals surface area contributed by atoms with Gasteiger partial charge in [-0.25, -0.2) is 0 Å². The average molecular weight is 226 g/mol. The molecule has 16 heavy (non-hydrogen) atoms. The van der Waals surface area contributed by atoms with E-state index in [2.05, 4.69) is 51.8 Å². The van der Waals surface area contributed by atoms with Crippen molar-refractivity contribution >= 4 is 0 Å². The lowest BCUT2D eigenvalue weighted by atomic mass is 9.81. The van der Waals surface area contributed by atoms with Crippen molar-refractivity contribution in [1.29, 1.82) is 0 Å². The third-order valence-electron chi connectivity index (χ3n) is 4.10. The lowest BCUT2D eigenvalue weighted by Gasteiger charge is -2.39. The Hall–Kier alpha value is -0.0800. The summed E-state index contributed by atoms with van der Waals surface area (Å²) in [4.78, 5) is 2.64. The lowest BCUT2D eigenvalue weighted by Crippen LogP contribution is -2.54. The van der Waals surface area contributed by atoms with Crippen molar-refractivity contribution in [3.63, 3.8) is 0 Å². The molecule has 96 valence electrons. The van der Waals surface area contributed by atoms with Crippen molar-refractivity contribution < 1.29 is 0 Å². The van der Waals surface area contributed by atoms with Gasteiger partial charge in [-0.1, -0.05) is 41.5 Å². The molecular weight excluding hydrogens is 196 g/mol. The molecule has 1 saturated heterocycles. The Labute approximate surface area is 102 Å². The van der Waals surface area contributed by atoms with Crippen molar-refractivity contribution in [2.75, 3.05) is 26.2 Å². The number of hydrogen-bond acceptors (Lipinski definition) is 2. The molecular formula is C14H30N2. The SMILES string of the molecule is CC(C)C1CN(CC(C)C(C)(C)C)CCN1. The molecule has 1 fully saturated rings. The molecule has 0 radical (unpaired) electrons. The van der Waals surface area contributed by atoms with E-state index in [0.717, 1.165) is 18.4 Å². The quantitative estimate of drug-likeness (QED) is 0.796. The van der Waals surface area contributed by atoms with Gasteiger partial charge >= 0.3 is 0 Å². The Kier molecular flexibility index (Phi) is 4.81. The third kappa shape index (κ3) is 4.06. The number of hydrogen-bond donors (Lipinski definition) is 1. The summed E-state index contributed by atoms with van der Waals surface area (Å²) in [6.45, 7) is 18.9. The average Bonchev–Trinajstić information content (AvgIpc) is 2.16. The van der Waals surface area contributed by atoms with Gasteiger partial charge in [0.15, 0.2) is 0 Å². The summed E-state index contributed by atoms with van der Waals surface area (Å²) in [7, 11) is 0. The van der Waals surface area contributed by atoms with Gasteiger partial charge in [0, 0.05) is 32.2 Å². The van der Waals surface area contributed by atoms with Gasteiger partial charge in [-0.2, -0.15) is 0 Å². The lowest BCUT2D eigenvalue weighted by molar-refractivity contribution is 0.119. The zero-order valence-corrected chi connectivity index (χ0v) is 12.0. The monoisotopic (exact) mass is 226 g/mol. The van der Waals surface area contributed by atoms with Gasteiger partial charge in [-0.15, -0.1) is 0 Å². The summed E-state index contributed by atoms with van der Waals surface area (Å²) in [6, 6.07) is 0.681. The second kappa shape index (κ2) is 5.50. The Morgan fingerprint density at radius 1 is 1.25 bits per heavy atom. The summed E-state index contributed by atoms with van der Waals surface area (Å²) in [5.74, 6) is 1.51. The largest absolute Gasteiger partial charge is 0.311 e. The molecule has 2 nitrogen and oxygen atoms in total. The molecule has 2 atom stereocenters. The maximum absolute atomic E-state index is 3.62. The number of piperazine rings is 1. The second-order valence-electron chi connectivity index (χ2n) is 6.83. The van der Waals surface area contributed by atoms with E-state index in [-0.39, 0.29) is 0 Å². The predicted molar refractivity (Wildman–Crippen MR) is 71.7 cm³/mol. The van der Waals surface area contributed by atoms with E-state index in [1.807, 2.05) is 0 Å². The Morgan fingerprint density at radius 3 is 2.38 bits per heavy atom. The van der Waals surface area contributed by atoms with Crippen LogP contribution in [-0.2, 0) is 0 Å². The fraction of sp³-hybridized carbons (Fsp3) is 1.00. The van der Waals surface area contributed by atoms with Gasteiger partial charge in [-0.05, 0) is 17.3 Å². The highest BCUT2D eigenvalue weighted by molar-refractivity contribution is 4.83. The predicted octanol–water partition coefficient (Wildman–Crippen LogP) is 2.60. The van der Waals surface area contributed by atoms with E-state index in [1.165, 1.54) is 19.6 Å². The van der Waals surface area contributed by atoms with Crippen molar-refractivity contribution in [1.82, 2.24) is 10.2 Å². The molecule has 0 bridgehead atoms. The van der Waals surface area contributed by atoms with E-state index in [1.54, 1.807) is 0 Å². The van der Waals surface area contributed by atoms with Crippen LogP contribution in [0.1, 0.15) is 41.5 Å². The van der Waals surface area contributed by atoms with Gasteiger partial charge in [0.05, 0.1) is 0 Å². The summed E-state index contributed by atoms with van der Waals surface area (Å²) in [5, 5.41) is 3.62. The number of rotatable bonds is 3. The van der Waals surface area contributed by atoms with E-state index in [4.69, 9.17) is 0 Å². The summed E-state index contributed by atoms with van der Waals surface area (Å²) in [6.07, 6.45) is 0. The molecule has 0 aromatic heterocycles. The van der Waals surface area contributed by atoms with Crippen LogP contribution in [0.25, 0.3) is 0 Å². The zero-order chi connectivity index (χ0) is 12.3. The first kappa shape index (κ1) is 14.0. The molecule has 2 unspecified atom stereocenters. The van der Waals surface area contributed by atoms with Crippen LogP contribution < -0.4 is 5.32 Å². The van der Waals surface area contributed by atoms with Gasteiger partial charge < -0.3 is 10.2 Å². The molecule has 0 saturated carbocycles. The number of nitrogens with one attached hydrogen (secondary N) is 1. The van der Waals surface area contributed by atoms with Gasteiger partial charge in [0.1, 0.15) is 0 Å². The smallest absolute Gasteiger partial charge is 0.0218 e. The Balaban J connectivity index is 2.43. The van der Waals surface area contributed by atoms with E-state index in [9.17, 15) is 0 Å². The molecule has 1 heterocycles. The second-order valence-corrected chi connectivity index (χ2v) is 6.83. The molecule has 0 aromatic carbocycles. The van der Waals surface area contributed by atoms with Crippen LogP contribution in [0.4, 0.5) is 0 Å². The molecule has 0 aliphatic carbocycles. The first-order chi connectivity index (χ1) is 7.30. The summed E-state index contributed by atoms with van der Waals surface area (Å²) in [5.41, 5.74) is 0.429. The molecule has 1 aliphatic rings. The van der Waals surface area contributed by atoms with Gasteiger partial charge in [0.2, 0.25) is 0 Å². The highest BCUT2D eigenvalue weighted by atomic mass is 15.2. The minimum absolute atomic E-state index is 0.429. The normalized spacial score (nSPS) is 26.1. The molecule has 0 aromatic rings. The molecule has 2 heteroatoms. The molecule has 1 aliphatic heterocycles. The van der Waals surface area contributed by atoms with Crippen LogP contribution in [0.3, 0.4) is 0 Å². The standard InChI is InChI=1S/C14H30N2/c1-11(2)13-10-16(8-7-15-13)9-12(3)14(4,5)6/h11-13,15H,7-10H2,1-6H3. The molecule has 1 N–H and O–H groups in total. The van der Waals surface area contributed by atoms with Gasteiger partial charge in [0.25, 0.3) is 0 Å². The first-order valence-corrected chi connectivity index (χ1v) is 6.76. The van der Waals surface area contributed by atoms with Crippen LogP contribution >= 0.6 is 0 Å². The van der Waals surface area contributed by atoms with Crippen molar-refractivity contribution in [2.45, 2.75) is 47.6 Å². The molecule has 1 rings (SSSR count). The highest BCUT2D eigenvalue weighted by Crippen LogP contribution is 2.26. The van der Waals surface area contributed by atoms with Crippen molar-refractivity contribution in [3.8, 4) is 0 Å². The van der Waals surface area contributed by atoms with Crippen LogP contribution in [0.15, 0.2) is 0 Å². The molecule has 0 spiro atoms. The third-order valence-corrected chi connectivity index (χ3v) is 4.10. The van der Waals surface area contributed by atoms with Crippen LogP contribution in [-0.4, -0.2) is 37.1 Å². The van der Waals surface area contributed by atoms with E-state index in [0.29, 0.717) is 11.5 Å². The zero-order valence-electron chi connectivity index (χ0n) is 12.0. The Bertz CT molecular complexity index is 205. The van der Waals surface area contributed by atoms with Crippen LogP contribution in [0.5, 0.6) is 0 Å². The maximum Gasteiger partial charge on any atom is 0.0218 e. The van der Waals surface area contributed by atoms with E-state index < -0.39 is 0 Å². The first-order valence-electron chi connectivity index (χ1n) is 6.76. The fourth-order valence-corrected chi connectivity index (χ4v) is 2.12. The number of nitrogens with zero attached hydrogens (tertiary/aromatic N) is 1. The van der Waals surface area contributed by atoms with Crippen LogP contribution in [0, 0.1) is 17.3 Å². The Morgan fingerprint density at radius 2 is 1.88 bits per heavy atom. The summed E-state index contributed by atoms with van der Waals surface area (Å²) < 4.78 is 0. The fourth-order valence-electron chi connectivity index (χ4n) is 2.12. The topological polar surface area (TPSA) is 15.3 Å². The highest BCUT2D eigenvalue weighted by Gasteiger charge is 2.26. The van der Waals surface area contributed by atoms with Crippen molar-refractivity contribution in [2.24, 2.45) is 17.3 Å². The molecule has 0 amide bonds. The minimum Gasteiger partial charge on any atom is -0.311 e. The van der Waals surface area contributed by atoms with Gasteiger partial charge in [-0.3, -0.25) is 0 Å². The summed E-state index contributed by atoms with van der Waals surface area (Å²) >= 11 is 0. The van der Waals surface area contributed by atoms with Crippen molar-refractivity contribution in [3.05, 3.63) is 0 Å². The minimum atomic E-state index is 0.429. The van der Waals surface area contributed by atoms with E-state index >= 15 is 0 Å². The van der Waals surface area contributed by atoms with Crippen LogP contribution in [0.2, 0.25) is 0 Å².